The molecule has 1 saturated carbocycles. The van der Waals surface area contributed by atoms with Crippen LogP contribution in [0.4, 0.5) is 0 Å². The van der Waals surface area contributed by atoms with Crippen molar-refractivity contribution in [2.24, 2.45) is 0 Å². The molecule has 1 aromatic carbocycles. The van der Waals surface area contributed by atoms with Crippen LogP contribution in [-0.2, 0) is 13.0 Å². The number of hydrogen-bond donors (Lipinski definition) is 2. The van der Waals surface area contributed by atoms with E-state index in [9.17, 15) is 0 Å². The van der Waals surface area contributed by atoms with Crippen LogP contribution in [0.15, 0.2) is 24.3 Å². The first kappa shape index (κ1) is 13.6. The smallest absolute Gasteiger partial charge is 0.0213 e. The molecule has 100 valence electrons. The van der Waals surface area contributed by atoms with Gasteiger partial charge in [0.25, 0.3) is 0 Å². The summed E-state index contributed by atoms with van der Waals surface area (Å²) in [5.74, 6) is 0. The lowest BCUT2D eigenvalue weighted by atomic mass is 9.98. The molecule has 0 heterocycles. The van der Waals surface area contributed by atoms with E-state index in [0.717, 1.165) is 19.5 Å². The van der Waals surface area contributed by atoms with E-state index in [0.29, 0.717) is 5.54 Å². The van der Waals surface area contributed by atoms with Crippen LogP contribution in [-0.4, -0.2) is 19.1 Å². The summed E-state index contributed by atoms with van der Waals surface area (Å²) in [6, 6.07) is 8.81. The Morgan fingerprint density at radius 3 is 2.44 bits per heavy atom. The maximum atomic E-state index is 3.77. The zero-order valence-corrected chi connectivity index (χ0v) is 11.8. The second kappa shape index (κ2) is 6.35. The van der Waals surface area contributed by atoms with Gasteiger partial charge < -0.3 is 10.6 Å². The van der Waals surface area contributed by atoms with Crippen LogP contribution in [0.2, 0.25) is 0 Å². The fourth-order valence-electron chi connectivity index (χ4n) is 2.87. The molecule has 0 bridgehead atoms. The predicted octanol–water partition coefficient (Wildman–Crippen LogP) is 2.87. The lowest BCUT2D eigenvalue weighted by Gasteiger charge is -2.26. The van der Waals surface area contributed by atoms with E-state index in [2.05, 4.69) is 41.8 Å². The largest absolute Gasteiger partial charge is 0.319 e. The Hall–Kier alpha value is -0.860. The van der Waals surface area contributed by atoms with Gasteiger partial charge in [-0.2, -0.15) is 0 Å². The van der Waals surface area contributed by atoms with Gasteiger partial charge in [-0.1, -0.05) is 37.1 Å². The lowest BCUT2D eigenvalue weighted by Crippen LogP contribution is -2.39. The Kier molecular flexibility index (Phi) is 4.79. The summed E-state index contributed by atoms with van der Waals surface area (Å²) < 4.78 is 0. The minimum Gasteiger partial charge on any atom is -0.319 e. The molecule has 0 saturated heterocycles. The van der Waals surface area contributed by atoms with E-state index < -0.39 is 0 Å². The predicted molar refractivity (Wildman–Crippen MR) is 77.8 cm³/mol. The first-order chi connectivity index (χ1) is 8.73. The second-order valence-corrected chi connectivity index (χ2v) is 5.74. The van der Waals surface area contributed by atoms with Gasteiger partial charge in [-0.05, 0) is 50.9 Å². The van der Waals surface area contributed by atoms with Crippen molar-refractivity contribution in [1.82, 2.24) is 10.6 Å². The summed E-state index contributed by atoms with van der Waals surface area (Å²) >= 11 is 0. The normalized spacial score (nSPS) is 18.1. The van der Waals surface area contributed by atoms with Gasteiger partial charge in [0.1, 0.15) is 0 Å². The number of nitrogens with one attached hydrogen (secondary N) is 2. The third-order valence-corrected chi connectivity index (χ3v) is 4.18. The van der Waals surface area contributed by atoms with Crippen molar-refractivity contribution in [2.45, 2.75) is 51.1 Å². The lowest BCUT2D eigenvalue weighted by molar-refractivity contribution is 0.362. The molecule has 0 aromatic heterocycles. The third-order valence-electron chi connectivity index (χ3n) is 4.18. The molecule has 0 atom stereocenters. The second-order valence-electron chi connectivity index (χ2n) is 5.74. The van der Waals surface area contributed by atoms with E-state index in [1.54, 1.807) is 0 Å². The van der Waals surface area contributed by atoms with Crippen LogP contribution >= 0.6 is 0 Å². The first-order valence-electron chi connectivity index (χ1n) is 7.20. The summed E-state index contributed by atoms with van der Waals surface area (Å²) in [5.41, 5.74) is 3.30. The van der Waals surface area contributed by atoms with Gasteiger partial charge in [0.2, 0.25) is 0 Å². The fourth-order valence-corrected chi connectivity index (χ4v) is 2.87. The highest BCUT2D eigenvalue weighted by atomic mass is 15.0. The van der Waals surface area contributed by atoms with Gasteiger partial charge in [-0.25, -0.2) is 0 Å². The molecule has 0 radical (unpaired) electrons. The molecule has 2 heteroatoms. The minimum absolute atomic E-state index is 0.371. The third kappa shape index (κ3) is 3.56. The van der Waals surface area contributed by atoms with Crippen LogP contribution in [0, 0.1) is 0 Å². The van der Waals surface area contributed by atoms with E-state index in [4.69, 9.17) is 0 Å². The molecule has 2 rings (SSSR count). The van der Waals surface area contributed by atoms with Gasteiger partial charge in [0, 0.05) is 12.1 Å². The summed E-state index contributed by atoms with van der Waals surface area (Å²) in [7, 11) is 2.01. The van der Waals surface area contributed by atoms with E-state index >= 15 is 0 Å². The molecule has 1 aromatic rings. The summed E-state index contributed by atoms with van der Waals surface area (Å²) in [4.78, 5) is 0. The van der Waals surface area contributed by atoms with Gasteiger partial charge in [-0.15, -0.1) is 0 Å². The minimum atomic E-state index is 0.371. The van der Waals surface area contributed by atoms with Crippen LogP contribution < -0.4 is 10.6 Å². The molecule has 1 aliphatic carbocycles. The molecule has 2 nitrogen and oxygen atoms in total. The Morgan fingerprint density at radius 1 is 1.11 bits per heavy atom. The molecule has 2 N–H and O–H groups in total. The van der Waals surface area contributed by atoms with Crippen molar-refractivity contribution >= 4 is 0 Å². The topological polar surface area (TPSA) is 24.1 Å². The Balaban J connectivity index is 1.95. The summed E-state index contributed by atoms with van der Waals surface area (Å²) in [6.45, 7) is 4.43. The van der Waals surface area contributed by atoms with Gasteiger partial charge in [0.15, 0.2) is 0 Å². The van der Waals surface area contributed by atoms with Crippen LogP contribution in [0.3, 0.4) is 0 Å². The molecule has 0 amide bonds. The molecule has 1 fully saturated rings. The van der Waals surface area contributed by atoms with Crippen molar-refractivity contribution in [1.29, 1.82) is 0 Å². The van der Waals surface area contributed by atoms with Crippen LogP contribution in [0.1, 0.15) is 43.7 Å². The molecular weight excluding hydrogens is 220 g/mol. The zero-order chi connectivity index (χ0) is 12.8. The SMILES string of the molecule is CNCCc1ccccc1CNC1(C)CCCC1. The number of benzene rings is 1. The fraction of sp³-hybridized carbons (Fsp3) is 0.625. The van der Waals surface area contributed by atoms with Gasteiger partial charge >= 0.3 is 0 Å². The van der Waals surface area contributed by atoms with E-state index in [1.807, 2.05) is 7.05 Å². The van der Waals surface area contributed by atoms with Crippen molar-refractivity contribution < 1.29 is 0 Å². The van der Waals surface area contributed by atoms with Crippen molar-refractivity contribution in [3.05, 3.63) is 35.4 Å². The maximum Gasteiger partial charge on any atom is 0.0213 e. The van der Waals surface area contributed by atoms with Gasteiger partial charge in [-0.3, -0.25) is 0 Å². The molecule has 0 spiro atoms. The number of rotatable bonds is 6. The molecular formula is C16H26N2. The highest BCUT2D eigenvalue weighted by Gasteiger charge is 2.27. The van der Waals surface area contributed by atoms with E-state index in [-0.39, 0.29) is 0 Å². The molecule has 0 aliphatic heterocycles. The average Bonchev–Trinajstić information content (AvgIpc) is 2.82. The Morgan fingerprint density at radius 2 is 1.78 bits per heavy atom. The molecule has 0 unspecified atom stereocenters. The Labute approximate surface area is 111 Å². The standard InChI is InChI=1S/C16H26N2/c1-16(10-5-6-11-16)18-13-15-8-4-3-7-14(15)9-12-17-2/h3-4,7-8,17-18H,5-6,9-13H2,1-2H3. The number of likely N-dealkylation sites (N-methyl/N-ethyl adjacent to an activating group) is 1. The maximum absolute atomic E-state index is 3.77. The molecule has 1 aliphatic rings. The monoisotopic (exact) mass is 246 g/mol. The van der Waals surface area contributed by atoms with Crippen molar-refractivity contribution in [3.63, 3.8) is 0 Å². The van der Waals surface area contributed by atoms with Crippen LogP contribution in [0.5, 0.6) is 0 Å². The quantitative estimate of drug-likeness (QED) is 0.806. The Bertz CT molecular complexity index is 367. The molecule has 18 heavy (non-hydrogen) atoms. The zero-order valence-electron chi connectivity index (χ0n) is 11.8. The van der Waals surface area contributed by atoms with E-state index in [1.165, 1.54) is 36.8 Å². The van der Waals surface area contributed by atoms with Crippen molar-refractivity contribution in [2.75, 3.05) is 13.6 Å². The van der Waals surface area contributed by atoms with Crippen LogP contribution in [0.25, 0.3) is 0 Å². The van der Waals surface area contributed by atoms with Gasteiger partial charge in [0.05, 0.1) is 0 Å². The highest BCUT2D eigenvalue weighted by Crippen LogP contribution is 2.29. The first-order valence-corrected chi connectivity index (χ1v) is 7.20. The highest BCUT2D eigenvalue weighted by molar-refractivity contribution is 5.27. The number of hydrogen-bond acceptors (Lipinski definition) is 2. The summed E-state index contributed by atoms with van der Waals surface area (Å²) in [6.07, 6.45) is 6.53. The summed E-state index contributed by atoms with van der Waals surface area (Å²) in [5, 5.41) is 7.00. The average molecular weight is 246 g/mol. The van der Waals surface area contributed by atoms with Crippen molar-refractivity contribution in [3.8, 4) is 0 Å².